The average Bonchev–Trinajstić information content (AvgIpc) is 2.81. The van der Waals surface area contributed by atoms with Crippen molar-refractivity contribution < 1.29 is 4.79 Å². The monoisotopic (exact) mass is 436 g/mol. The van der Waals surface area contributed by atoms with E-state index < -0.39 is 0 Å². The molecule has 0 radical (unpaired) electrons. The molecule has 1 N–H and O–H groups in total. The Morgan fingerprint density at radius 2 is 1.81 bits per heavy atom. The molecule has 32 heavy (non-hydrogen) atoms. The standard InChI is InChI=1S/C25H36N6O/c1-20-5-6-24(27-19-20)30-16-14-29(15-17-30)11-3-4-25(32)31-12-8-22(9-13-31)28-23-7-10-26-21(2)18-23/h5-7,10,18-19,22H,3-4,8-9,11-17H2,1-2H3,(H,26,28). The van der Waals surface area contributed by atoms with Gasteiger partial charge in [0.15, 0.2) is 0 Å². The first kappa shape index (κ1) is 22.5. The van der Waals surface area contributed by atoms with E-state index in [9.17, 15) is 4.79 Å². The fraction of sp³-hybridized carbons (Fsp3) is 0.560. The number of nitrogens with one attached hydrogen (secondary N) is 1. The molecule has 0 atom stereocenters. The fourth-order valence-corrected chi connectivity index (χ4v) is 4.60. The van der Waals surface area contributed by atoms with E-state index in [-0.39, 0.29) is 0 Å². The highest BCUT2D eigenvalue weighted by molar-refractivity contribution is 5.76. The maximum Gasteiger partial charge on any atom is 0.222 e. The summed E-state index contributed by atoms with van der Waals surface area (Å²) in [4.78, 5) is 28.4. The zero-order valence-electron chi connectivity index (χ0n) is 19.5. The van der Waals surface area contributed by atoms with Gasteiger partial charge in [-0.05, 0) is 63.4 Å². The largest absolute Gasteiger partial charge is 0.382 e. The smallest absolute Gasteiger partial charge is 0.222 e. The molecule has 0 aliphatic carbocycles. The summed E-state index contributed by atoms with van der Waals surface area (Å²) in [6.07, 6.45) is 7.38. The average molecular weight is 437 g/mol. The summed E-state index contributed by atoms with van der Waals surface area (Å²) in [5.41, 5.74) is 3.35. The third-order valence-electron chi connectivity index (χ3n) is 6.57. The number of carbonyl (C=O) groups excluding carboxylic acids is 1. The van der Waals surface area contributed by atoms with Gasteiger partial charge >= 0.3 is 0 Å². The number of carbonyl (C=O) groups is 1. The van der Waals surface area contributed by atoms with Crippen LogP contribution in [0.25, 0.3) is 0 Å². The molecule has 4 rings (SSSR count). The Balaban J connectivity index is 1.11. The second kappa shape index (κ2) is 10.8. The van der Waals surface area contributed by atoms with Crippen LogP contribution in [0.1, 0.15) is 36.9 Å². The van der Waals surface area contributed by atoms with Crippen molar-refractivity contribution in [2.24, 2.45) is 0 Å². The van der Waals surface area contributed by atoms with Crippen molar-refractivity contribution in [2.45, 2.75) is 45.6 Å². The van der Waals surface area contributed by atoms with Crippen LogP contribution in [0.5, 0.6) is 0 Å². The molecule has 2 saturated heterocycles. The van der Waals surface area contributed by atoms with E-state index in [0.717, 1.165) is 82.3 Å². The zero-order valence-corrected chi connectivity index (χ0v) is 19.5. The van der Waals surface area contributed by atoms with Gasteiger partial charge in [-0.15, -0.1) is 0 Å². The van der Waals surface area contributed by atoms with Crippen molar-refractivity contribution in [3.63, 3.8) is 0 Å². The molecular weight excluding hydrogens is 400 g/mol. The summed E-state index contributed by atoms with van der Waals surface area (Å²) >= 11 is 0. The van der Waals surface area contributed by atoms with Crippen LogP contribution in [0.2, 0.25) is 0 Å². The third-order valence-corrected chi connectivity index (χ3v) is 6.57. The summed E-state index contributed by atoms with van der Waals surface area (Å²) in [5, 5.41) is 3.59. The third kappa shape index (κ3) is 6.19. The van der Waals surface area contributed by atoms with E-state index in [1.807, 2.05) is 25.4 Å². The SMILES string of the molecule is Cc1ccc(N2CCN(CCCC(=O)N3CCC(Nc4ccnc(C)c4)CC3)CC2)nc1. The molecule has 0 aromatic carbocycles. The predicted octanol–water partition coefficient (Wildman–Crippen LogP) is 3.10. The highest BCUT2D eigenvalue weighted by Crippen LogP contribution is 2.18. The first-order chi connectivity index (χ1) is 15.6. The van der Waals surface area contributed by atoms with E-state index in [4.69, 9.17) is 0 Å². The summed E-state index contributed by atoms with van der Waals surface area (Å²) in [5.74, 6) is 1.38. The molecule has 7 nitrogen and oxygen atoms in total. The molecule has 2 aliphatic rings. The van der Waals surface area contributed by atoms with E-state index in [1.54, 1.807) is 0 Å². The maximum atomic E-state index is 12.7. The van der Waals surface area contributed by atoms with Gasteiger partial charge in [-0.2, -0.15) is 0 Å². The number of pyridine rings is 2. The molecule has 7 heteroatoms. The van der Waals surface area contributed by atoms with Gasteiger partial charge in [0.1, 0.15) is 5.82 Å². The number of amides is 1. The van der Waals surface area contributed by atoms with Crippen LogP contribution in [0.15, 0.2) is 36.7 Å². The van der Waals surface area contributed by atoms with Gasteiger partial charge in [-0.3, -0.25) is 14.7 Å². The summed E-state index contributed by atoms with van der Waals surface area (Å²) < 4.78 is 0. The topological polar surface area (TPSA) is 64.6 Å². The molecule has 2 aromatic heterocycles. The Morgan fingerprint density at radius 1 is 1.03 bits per heavy atom. The summed E-state index contributed by atoms with van der Waals surface area (Å²) in [6.45, 7) is 10.9. The van der Waals surface area contributed by atoms with Crippen LogP contribution in [0, 0.1) is 13.8 Å². The first-order valence-electron chi connectivity index (χ1n) is 11.9. The number of aromatic nitrogens is 2. The molecule has 4 heterocycles. The number of aryl methyl sites for hydroxylation is 2. The minimum atomic E-state index is 0.311. The van der Waals surface area contributed by atoms with Gasteiger partial charge in [0.25, 0.3) is 0 Å². The van der Waals surface area contributed by atoms with E-state index >= 15 is 0 Å². The van der Waals surface area contributed by atoms with Crippen LogP contribution in [0.4, 0.5) is 11.5 Å². The van der Waals surface area contributed by atoms with E-state index in [2.05, 4.69) is 55.1 Å². The summed E-state index contributed by atoms with van der Waals surface area (Å²) in [6, 6.07) is 8.76. The minimum absolute atomic E-state index is 0.311. The molecule has 2 aliphatic heterocycles. The lowest BCUT2D eigenvalue weighted by Crippen LogP contribution is -2.47. The predicted molar refractivity (Wildman–Crippen MR) is 129 cm³/mol. The molecule has 2 aromatic rings. The molecule has 0 bridgehead atoms. The van der Waals surface area contributed by atoms with Gasteiger partial charge in [0.05, 0.1) is 0 Å². The molecular formula is C25H36N6O. The Kier molecular flexibility index (Phi) is 7.58. The molecule has 2 fully saturated rings. The highest BCUT2D eigenvalue weighted by atomic mass is 16.2. The van der Waals surface area contributed by atoms with Crippen molar-refractivity contribution in [1.29, 1.82) is 0 Å². The van der Waals surface area contributed by atoms with Crippen LogP contribution >= 0.6 is 0 Å². The second-order valence-electron chi connectivity index (χ2n) is 9.11. The Hall–Kier alpha value is -2.67. The number of anilines is 2. The number of nitrogens with zero attached hydrogens (tertiary/aromatic N) is 5. The van der Waals surface area contributed by atoms with Gasteiger partial charge in [-0.1, -0.05) is 6.07 Å². The van der Waals surface area contributed by atoms with Crippen LogP contribution in [-0.4, -0.2) is 77.5 Å². The van der Waals surface area contributed by atoms with E-state index in [1.165, 1.54) is 5.56 Å². The second-order valence-corrected chi connectivity index (χ2v) is 9.11. The van der Waals surface area contributed by atoms with Crippen LogP contribution in [-0.2, 0) is 4.79 Å². The molecule has 172 valence electrons. The molecule has 1 amide bonds. The number of piperidine rings is 1. The molecule has 0 saturated carbocycles. The van der Waals surface area contributed by atoms with Crippen molar-refractivity contribution in [3.8, 4) is 0 Å². The fourth-order valence-electron chi connectivity index (χ4n) is 4.60. The Labute approximate surface area is 191 Å². The highest BCUT2D eigenvalue weighted by Gasteiger charge is 2.23. The quantitative estimate of drug-likeness (QED) is 0.720. The van der Waals surface area contributed by atoms with Gasteiger partial charge in [0.2, 0.25) is 5.91 Å². The number of likely N-dealkylation sites (tertiary alicyclic amines) is 1. The van der Waals surface area contributed by atoms with Crippen LogP contribution < -0.4 is 10.2 Å². The minimum Gasteiger partial charge on any atom is -0.382 e. The zero-order chi connectivity index (χ0) is 22.3. The number of hydrogen-bond acceptors (Lipinski definition) is 6. The van der Waals surface area contributed by atoms with Crippen LogP contribution in [0.3, 0.4) is 0 Å². The Bertz CT molecular complexity index is 870. The lowest BCUT2D eigenvalue weighted by atomic mass is 10.0. The Morgan fingerprint density at radius 3 is 2.50 bits per heavy atom. The number of rotatable bonds is 7. The van der Waals surface area contributed by atoms with Gasteiger partial charge in [0, 0.05) is 75.5 Å². The number of hydrogen-bond donors (Lipinski definition) is 1. The molecule has 0 unspecified atom stereocenters. The van der Waals surface area contributed by atoms with Crippen molar-refractivity contribution in [1.82, 2.24) is 19.8 Å². The van der Waals surface area contributed by atoms with E-state index in [0.29, 0.717) is 18.4 Å². The normalized spacial score (nSPS) is 18.1. The van der Waals surface area contributed by atoms with Gasteiger partial charge in [-0.25, -0.2) is 4.98 Å². The summed E-state index contributed by atoms with van der Waals surface area (Å²) in [7, 11) is 0. The molecule has 0 spiro atoms. The van der Waals surface area contributed by atoms with Gasteiger partial charge < -0.3 is 15.1 Å². The lowest BCUT2D eigenvalue weighted by molar-refractivity contribution is -0.132. The van der Waals surface area contributed by atoms with Crippen molar-refractivity contribution in [2.75, 3.05) is 56.0 Å². The lowest BCUT2D eigenvalue weighted by Gasteiger charge is -2.36. The van der Waals surface area contributed by atoms with Crippen molar-refractivity contribution >= 4 is 17.4 Å². The maximum absolute atomic E-state index is 12.7. The first-order valence-corrected chi connectivity index (χ1v) is 11.9. The van der Waals surface area contributed by atoms with Crippen molar-refractivity contribution in [3.05, 3.63) is 47.9 Å². The number of piperazine rings is 1.